The fraction of sp³-hybridized carbons (Fsp3) is 0.286. The normalized spacial score (nSPS) is 11.2. The summed E-state index contributed by atoms with van der Waals surface area (Å²) in [6, 6.07) is 8.51. The van der Waals surface area contributed by atoms with E-state index in [4.69, 9.17) is 9.47 Å². The SMILES string of the molecule is C=CCOC(=O)[C@H](C)NC(=O)OCc1ccccc1. The lowest BCUT2D eigenvalue weighted by atomic mass is 10.2. The number of nitrogens with one attached hydrogen (secondary N) is 1. The molecule has 19 heavy (non-hydrogen) atoms. The topological polar surface area (TPSA) is 64.6 Å². The molecule has 1 N–H and O–H groups in total. The third-order valence-electron chi connectivity index (χ3n) is 2.24. The van der Waals surface area contributed by atoms with Gasteiger partial charge in [-0.15, -0.1) is 0 Å². The molecule has 0 unspecified atom stereocenters. The predicted octanol–water partition coefficient (Wildman–Crippen LogP) is 2.03. The molecule has 5 nitrogen and oxygen atoms in total. The van der Waals surface area contributed by atoms with Gasteiger partial charge in [0.05, 0.1) is 0 Å². The molecule has 0 heterocycles. The van der Waals surface area contributed by atoms with Gasteiger partial charge in [0.15, 0.2) is 0 Å². The van der Waals surface area contributed by atoms with Crippen molar-refractivity contribution >= 4 is 12.1 Å². The molecule has 0 aliphatic rings. The van der Waals surface area contributed by atoms with E-state index in [1.807, 2.05) is 30.3 Å². The van der Waals surface area contributed by atoms with Crippen molar-refractivity contribution in [2.24, 2.45) is 0 Å². The molecule has 0 bridgehead atoms. The average Bonchev–Trinajstić information content (AvgIpc) is 2.43. The van der Waals surface area contributed by atoms with Crippen LogP contribution in [-0.4, -0.2) is 24.7 Å². The Balaban J connectivity index is 2.30. The van der Waals surface area contributed by atoms with Crippen molar-refractivity contribution in [1.29, 1.82) is 0 Å². The second-order valence-corrected chi connectivity index (χ2v) is 3.85. The summed E-state index contributed by atoms with van der Waals surface area (Å²) in [5.74, 6) is -0.531. The molecule has 0 fully saturated rings. The number of rotatable bonds is 6. The van der Waals surface area contributed by atoms with Crippen molar-refractivity contribution in [3.8, 4) is 0 Å². The first-order valence-corrected chi connectivity index (χ1v) is 5.88. The summed E-state index contributed by atoms with van der Waals surface area (Å²) in [5.41, 5.74) is 0.875. The number of carbonyl (C=O) groups is 2. The van der Waals surface area contributed by atoms with Crippen LogP contribution >= 0.6 is 0 Å². The van der Waals surface area contributed by atoms with E-state index in [0.29, 0.717) is 0 Å². The van der Waals surface area contributed by atoms with Gasteiger partial charge in [0.2, 0.25) is 0 Å². The van der Waals surface area contributed by atoms with Gasteiger partial charge in [-0.25, -0.2) is 9.59 Å². The highest BCUT2D eigenvalue weighted by atomic mass is 16.6. The number of ether oxygens (including phenoxy) is 2. The Hall–Kier alpha value is -2.30. The highest BCUT2D eigenvalue weighted by molar-refractivity contribution is 5.80. The Bertz CT molecular complexity index is 430. The fourth-order valence-electron chi connectivity index (χ4n) is 1.27. The lowest BCUT2D eigenvalue weighted by Gasteiger charge is -2.12. The van der Waals surface area contributed by atoms with Gasteiger partial charge < -0.3 is 14.8 Å². The van der Waals surface area contributed by atoms with E-state index in [1.165, 1.54) is 13.0 Å². The summed E-state index contributed by atoms with van der Waals surface area (Å²) in [7, 11) is 0. The van der Waals surface area contributed by atoms with Gasteiger partial charge in [-0.3, -0.25) is 0 Å². The maximum absolute atomic E-state index is 11.4. The van der Waals surface area contributed by atoms with Crippen LogP contribution in [0.25, 0.3) is 0 Å². The van der Waals surface area contributed by atoms with E-state index in [9.17, 15) is 9.59 Å². The lowest BCUT2D eigenvalue weighted by Crippen LogP contribution is -2.39. The number of hydrogen-bond donors (Lipinski definition) is 1. The van der Waals surface area contributed by atoms with Crippen LogP contribution in [0.5, 0.6) is 0 Å². The zero-order valence-corrected chi connectivity index (χ0v) is 10.8. The second-order valence-electron chi connectivity index (χ2n) is 3.85. The van der Waals surface area contributed by atoms with Gasteiger partial charge in [0, 0.05) is 0 Å². The van der Waals surface area contributed by atoms with Gasteiger partial charge in [0.1, 0.15) is 19.3 Å². The smallest absolute Gasteiger partial charge is 0.408 e. The highest BCUT2D eigenvalue weighted by Gasteiger charge is 2.17. The standard InChI is InChI=1S/C14H17NO4/c1-3-9-18-13(16)11(2)15-14(17)19-10-12-7-5-4-6-8-12/h3-8,11H,1,9-10H2,2H3,(H,15,17)/t11-/m0/s1. The maximum atomic E-state index is 11.4. The molecule has 1 amide bonds. The van der Waals surface area contributed by atoms with E-state index in [1.54, 1.807) is 0 Å². The highest BCUT2D eigenvalue weighted by Crippen LogP contribution is 2.00. The Kier molecular flexibility index (Phi) is 6.15. The summed E-state index contributed by atoms with van der Waals surface area (Å²) in [6.07, 6.45) is 0.796. The molecule has 1 aromatic rings. The van der Waals surface area contributed by atoms with Crippen LogP contribution in [0.15, 0.2) is 43.0 Å². The molecule has 102 valence electrons. The van der Waals surface area contributed by atoms with E-state index in [0.717, 1.165) is 5.56 Å². The minimum atomic E-state index is -0.761. The predicted molar refractivity (Wildman–Crippen MR) is 70.4 cm³/mol. The van der Waals surface area contributed by atoms with Crippen LogP contribution in [0.4, 0.5) is 4.79 Å². The molecule has 0 aromatic heterocycles. The van der Waals surface area contributed by atoms with Gasteiger partial charge in [-0.2, -0.15) is 0 Å². The number of esters is 1. The molecule has 0 aliphatic carbocycles. The summed E-state index contributed by atoms with van der Waals surface area (Å²) in [6.45, 7) is 5.22. The fourth-order valence-corrected chi connectivity index (χ4v) is 1.27. The average molecular weight is 263 g/mol. The van der Waals surface area contributed by atoms with Crippen molar-refractivity contribution in [3.63, 3.8) is 0 Å². The molecule has 0 radical (unpaired) electrons. The van der Waals surface area contributed by atoms with Crippen molar-refractivity contribution in [1.82, 2.24) is 5.32 Å². The Morgan fingerprint density at radius 2 is 2.00 bits per heavy atom. The summed E-state index contributed by atoms with van der Waals surface area (Å²) >= 11 is 0. The van der Waals surface area contributed by atoms with Crippen molar-refractivity contribution in [2.75, 3.05) is 6.61 Å². The van der Waals surface area contributed by atoms with Crippen LogP contribution in [0.1, 0.15) is 12.5 Å². The summed E-state index contributed by atoms with van der Waals surface area (Å²) in [4.78, 5) is 22.8. The lowest BCUT2D eigenvalue weighted by molar-refractivity contribution is -0.144. The van der Waals surface area contributed by atoms with Crippen LogP contribution in [0.3, 0.4) is 0 Å². The molecule has 0 spiro atoms. The van der Waals surface area contributed by atoms with E-state index in [2.05, 4.69) is 11.9 Å². The van der Waals surface area contributed by atoms with Gasteiger partial charge in [-0.05, 0) is 12.5 Å². The number of carbonyl (C=O) groups excluding carboxylic acids is 2. The molecule has 0 saturated heterocycles. The molecule has 0 saturated carbocycles. The Morgan fingerprint density at radius 1 is 1.32 bits per heavy atom. The first kappa shape index (κ1) is 14.8. The number of amides is 1. The third-order valence-corrected chi connectivity index (χ3v) is 2.24. The number of alkyl carbamates (subject to hydrolysis) is 1. The first-order valence-electron chi connectivity index (χ1n) is 5.88. The Labute approximate surface area is 112 Å². The monoisotopic (exact) mass is 263 g/mol. The van der Waals surface area contributed by atoms with Crippen molar-refractivity contribution in [2.45, 2.75) is 19.6 Å². The molecule has 1 atom stereocenters. The van der Waals surface area contributed by atoms with E-state index >= 15 is 0 Å². The van der Waals surface area contributed by atoms with Crippen LogP contribution in [-0.2, 0) is 20.9 Å². The van der Waals surface area contributed by atoms with Gasteiger partial charge in [-0.1, -0.05) is 43.0 Å². The van der Waals surface area contributed by atoms with Crippen LogP contribution < -0.4 is 5.32 Å². The minimum absolute atomic E-state index is 0.115. The zero-order valence-electron chi connectivity index (χ0n) is 10.8. The minimum Gasteiger partial charge on any atom is -0.460 e. The van der Waals surface area contributed by atoms with E-state index < -0.39 is 18.1 Å². The van der Waals surface area contributed by atoms with Crippen molar-refractivity contribution in [3.05, 3.63) is 48.6 Å². The van der Waals surface area contributed by atoms with Crippen molar-refractivity contribution < 1.29 is 19.1 Å². The van der Waals surface area contributed by atoms with Gasteiger partial charge >= 0.3 is 12.1 Å². The first-order chi connectivity index (χ1) is 9.13. The van der Waals surface area contributed by atoms with E-state index in [-0.39, 0.29) is 13.2 Å². The quantitative estimate of drug-likeness (QED) is 0.630. The molecule has 0 aliphatic heterocycles. The molecular formula is C14H17NO4. The second kappa shape index (κ2) is 7.92. The largest absolute Gasteiger partial charge is 0.460 e. The summed E-state index contributed by atoms with van der Waals surface area (Å²) in [5, 5.41) is 2.39. The molecule has 1 rings (SSSR count). The van der Waals surface area contributed by atoms with Crippen LogP contribution in [0, 0.1) is 0 Å². The zero-order chi connectivity index (χ0) is 14.1. The molecule has 1 aromatic carbocycles. The van der Waals surface area contributed by atoms with Crippen LogP contribution in [0.2, 0.25) is 0 Å². The molecule has 5 heteroatoms. The number of hydrogen-bond acceptors (Lipinski definition) is 4. The van der Waals surface area contributed by atoms with Gasteiger partial charge in [0.25, 0.3) is 0 Å². The summed E-state index contributed by atoms with van der Waals surface area (Å²) < 4.78 is 9.76. The molecular weight excluding hydrogens is 246 g/mol. The maximum Gasteiger partial charge on any atom is 0.408 e. The number of benzene rings is 1. The Morgan fingerprint density at radius 3 is 2.63 bits per heavy atom. The third kappa shape index (κ3) is 5.72.